The fraction of sp³-hybridized carbons (Fsp3) is 0.333. The second-order valence-electron chi connectivity index (χ2n) is 2.91. The van der Waals surface area contributed by atoms with Crippen molar-refractivity contribution in [1.82, 2.24) is 5.43 Å². The highest BCUT2D eigenvalue weighted by Crippen LogP contribution is 2.22. The Labute approximate surface area is 72.2 Å². The number of nitrogens with one attached hydrogen (secondary N) is 1. The molecule has 3 N–H and O–H groups in total. The quantitative estimate of drug-likeness (QED) is 0.408. The molecule has 0 bridgehead atoms. The van der Waals surface area contributed by atoms with Crippen molar-refractivity contribution in [2.45, 2.75) is 19.9 Å². The number of rotatable bonds is 3. The molecule has 66 valence electrons. The molecule has 0 amide bonds. The molecule has 0 aromatic carbocycles. The van der Waals surface area contributed by atoms with Gasteiger partial charge in [-0.3, -0.25) is 5.84 Å². The van der Waals surface area contributed by atoms with Gasteiger partial charge in [0.15, 0.2) is 0 Å². The molecule has 1 aromatic rings. The molecule has 3 nitrogen and oxygen atoms in total. The minimum Gasteiger partial charge on any atom is -0.467 e. The Hall–Kier alpha value is -1.06. The zero-order valence-corrected chi connectivity index (χ0v) is 7.42. The van der Waals surface area contributed by atoms with E-state index in [-0.39, 0.29) is 6.04 Å². The largest absolute Gasteiger partial charge is 0.467 e. The molecule has 0 aliphatic heterocycles. The number of hydrazine groups is 1. The fourth-order valence-corrected chi connectivity index (χ4v) is 1.12. The molecule has 1 atom stereocenters. The van der Waals surface area contributed by atoms with Gasteiger partial charge in [-0.15, -0.1) is 0 Å². The summed E-state index contributed by atoms with van der Waals surface area (Å²) >= 11 is 0. The maximum absolute atomic E-state index is 5.36. The second kappa shape index (κ2) is 3.56. The highest BCUT2D eigenvalue weighted by Gasteiger charge is 2.15. The third kappa shape index (κ3) is 1.57. The molecule has 0 aliphatic carbocycles. The molecule has 0 saturated carbocycles. The Morgan fingerprint density at radius 1 is 1.75 bits per heavy atom. The molecule has 1 heterocycles. The van der Waals surface area contributed by atoms with E-state index in [0.717, 1.165) is 16.9 Å². The van der Waals surface area contributed by atoms with Crippen LogP contribution in [0.5, 0.6) is 0 Å². The van der Waals surface area contributed by atoms with Gasteiger partial charge in [0, 0.05) is 0 Å². The van der Waals surface area contributed by atoms with Gasteiger partial charge in [0.1, 0.15) is 5.76 Å². The lowest BCUT2D eigenvalue weighted by Gasteiger charge is -2.13. The first-order valence-corrected chi connectivity index (χ1v) is 3.82. The molecule has 1 unspecified atom stereocenters. The normalized spacial score (nSPS) is 12.9. The van der Waals surface area contributed by atoms with Crippen LogP contribution in [0.15, 0.2) is 28.9 Å². The van der Waals surface area contributed by atoms with E-state index in [2.05, 4.69) is 12.0 Å². The summed E-state index contributed by atoms with van der Waals surface area (Å²) in [5.41, 5.74) is 4.68. The molecule has 3 heteroatoms. The van der Waals surface area contributed by atoms with Crippen LogP contribution < -0.4 is 11.3 Å². The maximum atomic E-state index is 5.36. The van der Waals surface area contributed by atoms with Crippen molar-refractivity contribution in [3.05, 3.63) is 35.8 Å². The maximum Gasteiger partial charge on any atom is 0.129 e. The van der Waals surface area contributed by atoms with Crippen LogP contribution in [0.25, 0.3) is 0 Å². The topological polar surface area (TPSA) is 51.2 Å². The third-order valence-corrected chi connectivity index (χ3v) is 1.82. The van der Waals surface area contributed by atoms with Gasteiger partial charge >= 0.3 is 0 Å². The lowest BCUT2D eigenvalue weighted by Crippen LogP contribution is -2.28. The van der Waals surface area contributed by atoms with E-state index < -0.39 is 0 Å². The predicted molar refractivity (Wildman–Crippen MR) is 48.3 cm³/mol. The summed E-state index contributed by atoms with van der Waals surface area (Å²) in [5.74, 6) is 6.20. The molecule has 1 aromatic heterocycles. The first-order valence-electron chi connectivity index (χ1n) is 3.82. The Balaban J connectivity index is 2.94. The zero-order valence-electron chi connectivity index (χ0n) is 7.42. The van der Waals surface area contributed by atoms with E-state index in [9.17, 15) is 0 Å². The van der Waals surface area contributed by atoms with E-state index in [4.69, 9.17) is 10.3 Å². The fourth-order valence-electron chi connectivity index (χ4n) is 1.12. The highest BCUT2D eigenvalue weighted by molar-refractivity contribution is 5.24. The smallest absolute Gasteiger partial charge is 0.129 e. The van der Waals surface area contributed by atoms with Crippen LogP contribution in [0.3, 0.4) is 0 Å². The van der Waals surface area contributed by atoms with Crippen LogP contribution in [0.2, 0.25) is 0 Å². The first-order chi connectivity index (χ1) is 5.66. The Morgan fingerprint density at radius 3 is 2.75 bits per heavy atom. The van der Waals surface area contributed by atoms with Crippen molar-refractivity contribution >= 4 is 0 Å². The molecule has 0 spiro atoms. The monoisotopic (exact) mass is 166 g/mol. The van der Waals surface area contributed by atoms with Gasteiger partial charge in [-0.2, -0.15) is 0 Å². The minimum atomic E-state index is -0.0833. The number of hydrogen-bond donors (Lipinski definition) is 2. The van der Waals surface area contributed by atoms with Crippen molar-refractivity contribution < 1.29 is 4.42 Å². The Morgan fingerprint density at radius 2 is 2.42 bits per heavy atom. The lowest BCUT2D eigenvalue weighted by molar-refractivity contribution is 0.446. The minimum absolute atomic E-state index is 0.0833. The number of furan rings is 1. The van der Waals surface area contributed by atoms with Crippen LogP contribution in [0.1, 0.15) is 24.3 Å². The van der Waals surface area contributed by atoms with Gasteiger partial charge in [-0.1, -0.05) is 12.2 Å². The zero-order chi connectivity index (χ0) is 9.14. The molecule has 0 fully saturated rings. The van der Waals surface area contributed by atoms with E-state index >= 15 is 0 Å². The van der Waals surface area contributed by atoms with E-state index in [1.807, 2.05) is 19.9 Å². The van der Waals surface area contributed by atoms with E-state index in [1.54, 1.807) is 6.26 Å². The SMILES string of the molecule is C=C(C)C(NN)c1occc1C. The molecule has 0 saturated heterocycles. The van der Waals surface area contributed by atoms with Crippen molar-refractivity contribution in [3.63, 3.8) is 0 Å². The van der Waals surface area contributed by atoms with Crippen LogP contribution in [-0.4, -0.2) is 0 Å². The van der Waals surface area contributed by atoms with Gasteiger partial charge in [0.25, 0.3) is 0 Å². The summed E-state index contributed by atoms with van der Waals surface area (Å²) < 4.78 is 5.28. The lowest BCUT2D eigenvalue weighted by atomic mass is 10.1. The van der Waals surface area contributed by atoms with Crippen molar-refractivity contribution in [2.75, 3.05) is 0 Å². The average molecular weight is 166 g/mol. The third-order valence-electron chi connectivity index (χ3n) is 1.82. The summed E-state index contributed by atoms with van der Waals surface area (Å²) in [6.07, 6.45) is 1.65. The molecule has 12 heavy (non-hydrogen) atoms. The van der Waals surface area contributed by atoms with Crippen LogP contribution in [0, 0.1) is 6.92 Å². The van der Waals surface area contributed by atoms with Crippen molar-refractivity contribution in [1.29, 1.82) is 0 Å². The standard InChI is InChI=1S/C9H14N2O/c1-6(2)8(11-10)9-7(3)4-5-12-9/h4-5,8,11H,1,10H2,2-3H3. The van der Waals surface area contributed by atoms with Gasteiger partial charge < -0.3 is 4.42 Å². The molecule has 0 aliphatic rings. The van der Waals surface area contributed by atoms with Crippen molar-refractivity contribution in [3.8, 4) is 0 Å². The Kier molecular flexibility index (Phi) is 2.68. The second-order valence-corrected chi connectivity index (χ2v) is 2.91. The molecular formula is C9H14N2O. The predicted octanol–water partition coefficient (Wildman–Crippen LogP) is 1.67. The van der Waals surface area contributed by atoms with Gasteiger partial charge in [0.05, 0.1) is 12.3 Å². The summed E-state index contributed by atoms with van der Waals surface area (Å²) in [6, 6.07) is 1.82. The van der Waals surface area contributed by atoms with E-state index in [0.29, 0.717) is 0 Å². The first kappa shape index (κ1) is 9.03. The highest BCUT2D eigenvalue weighted by atomic mass is 16.3. The molecular weight excluding hydrogens is 152 g/mol. The van der Waals surface area contributed by atoms with E-state index in [1.165, 1.54) is 0 Å². The Bertz CT molecular complexity index is 278. The number of nitrogens with two attached hydrogens (primary N) is 1. The van der Waals surface area contributed by atoms with Crippen molar-refractivity contribution in [2.24, 2.45) is 5.84 Å². The van der Waals surface area contributed by atoms with Crippen LogP contribution in [-0.2, 0) is 0 Å². The van der Waals surface area contributed by atoms with Crippen LogP contribution in [0.4, 0.5) is 0 Å². The molecule has 0 radical (unpaired) electrons. The molecule has 1 rings (SSSR count). The van der Waals surface area contributed by atoms with Gasteiger partial charge in [-0.05, 0) is 25.5 Å². The van der Waals surface area contributed by atoms with Crippen LogP contribution >= 0.6 is 0 Å². The summed E-state index contributed by atoms with van der Waals surface area (Å²) in [5, 5.41) is 0. The summed E-state index contributed by atoms with van der Waals surface area (Å²) in [4.78, 5) is 0. The van der Waals surface area contributed by atoms with Gasteiger partial charge in [-0.25, -0.2) is 5.43 Å². The summed E-state index contributed by atoms with van der Waals surface area (Å²) in [7, 11) is 0. The number of hydrogen-bond acceptors (Lipinski definition) is 3. The number of aryl methyl sites for hydroxylation is 1. The average Bonchev–Trinajstić information content (AvgIpc) is 2.38. The van der Waals surface area contributed by atoms with Gasteiger partial charge in [0.2, 0.25) is 0 Å². The summed E-state index contributed by atoms with van der Waals surface area (Å²) in [6.45, 7) is 7.71.